The van der Waals surface area contributed by atoms with Crippen molar-refractivity contribution >= 4 is 33.2 Å². The van der Waals surface area contributed by atoms with E-state index in [0.717, 1.165) is 66.9 Å². The molecule has 4 nitrogen and oxygen atoms in total. The van der Waals surface area contributed by atoms with Crippen LogP contribution in [0, 0.1) is 11.3 Å². The van der Waals surface area contributed by atoms with E-state index in [-0.39, 0.29) is 16.1 Å². The third-order valence-corrected chi connectivity index (χ3v) is 8.44. The monoisotopic (exact) mass is 487 g/mol. The molecular formula is C26H28F3N3OS. The van der Waals surface area contributed by atoms with Crippen molar-refractivity contribution in [3.05, 3.63) is 52.7 Å². The lowest BCUT2D eigenvalue weighted by Gasteiger charge is -2.25. The van der Waals surface area contributed by atoms with Gasteiger partial charge in [-0.15, -0.1) is 11.3 Å². The van der Waals surface area contributed by atoms with Crippen molar-refractivity contribution in [1.82, 2.24) is 9.97 Å². The van der Waals surface area contributed by atoms with E-state index in [2.05, 4.69) is 27.0 Å². The number of fused-ring (bicyclic) bond motifs is 1. The van der Waals surface area contributed by atoms with Crippen LogP contribution in [0.3, 0.4) is 0 Å². The molecule has 1 aliphatic heterocycles. The number of thiophene rings is 1. The lowest BCUT2D eigenvalue weighted by Crippen LogP contribution is -2.26. The van der Waals surface area contributed by atoms with Gasteiger partial charge in [0.1, 0.15) is 17.0 Å². The molecule has 2 aliphatic rings. The molecule has 2 aromatic heterocycles. The van der Waals surface area contributed by atoms with Gasteiger partial charge in [-0.05, 0) is 55.1 Å². The van der Waals surface area contributed by atoms with Gasteiger partial charge < -0.3 is 4.90 Å². The third kappa shape index (κ3) is 4.83. The molecule has 1 aliphatic carbocycles. The number of nitrogens with zero attached hydrogens (tertiary/aromatic N) is 3. The summed E-state index contributed by atoms with van der Waals surface area (Å²) in [4.78, 5) is 23.7. The van der Waals surface area contributed by atoms with Crippen LogP contribution in [0.15, 0.2) is 36.7 Å². The third-order valence-electron chi connectivity index (χ3n) is 7.40. The standard InChI is InChI=1S/C26H28F3N3OS/c1-2-22(33)19-5-3-17(4-6-19)11-18-7-8-25(13-18)9-10-32(15-25)23-21-12-20(14-26(27,28)29)34-24(21)31-16-30-23/h3-6,12,16,18H,2,7-11,13-15H2,1H3. The minimum absolute atomic E-state index is 0.174. The maximum atomic E-state index is 12.9. The van der Waals surface area contributed by atoms with Crippen molar-refractivity contribution in [2.24, 2.45) is 11.3 Å². The number of carbonyl (C=O) groups excluding carboxylic acids is 1. The summed E-state index contributed by atoms with van der Waals surface area (Å²) in [6, 6.07) is 9.68. The molecule has 1 saturated carbocycles. The largest absolute Gasteiger partial charge is 0.393 e. The molecule has 1 saturated heterocycles. The summed E-state index contributed by atoms with van der Waals surface area (Å²) < 4.78 is 38.6. The Morgan fingerprint density at radius 3 is 2.74 bits per heavy atom. The summed E-state index contributed by atoms with van der Waals surface area (Å²) in [7, 11) is 0. The zero-order valence-electron chi connectivity index (χ0n) is 19.2. The van der Waals surface area contributed by atoms with Crippen molar-refractivity contribution < 1.29 is 18.0 Å². The lowest BCUT2D eigenvalue weighted by molar-refractivity contribution is -0.126. The van der Waals surface area contributed by atoms with E-state index in [9.17, 15) is 18.0 Å². The topological polar surface area (TPSA) is 46.1 Å². The van der Waals surface area contributed by atoms with E-state index < -0.39 is 12.6 Å². The molecule has 0 N–H and O–H groups in total. The summed E-state index contributed by atoms with van der Waals surface area (Å²) in [5, 5.41) is 0.736. The minimum Gasteiger partial charge on any atom is -0.355 e. The summed E-state index contributed by atoms with van der Waals surface area (Å²) in [5.41, 5.74) is 2.30. The van der Waals surface area contributed by atoms with Gasteiger partial charge in [0.05, 0.1) is 11.8 Å². The highest BCUT2D eigenvalue weighted by atomic mass is 32.1. The van der Waals surface area contributed by atoms with E-state index >= 15 is 0 Å². The number of halogens is 3. The van der Waals surface area contributed by atoms with Gasteiger partial charge in [0, 0.05) is 30.0 Å². The van der Waals surface area contributed by atoms with Gasteiger partial charge >= 0.3 is 6.18 Å². The summed E-state index contributed by atoms with van der Waals surface area (Å²) in [5.74, 6) is 1.55. The first kappa shape index (κ1) is 23.3. The maximum Gasteiger partial charge on any atom is 0.393 e. The normalized spacial score (nSPS) is 22.8. The van der Waals surface area contributed by atoms with Crippen LogP contribution >= 0.6 is 11.3 Å². The van der Waals surface area contributed by atoms with Crippen LogP contribution in [0.25, 0.3) is 10.2 Å². The highest BCUT2D eigenvalue weighted by Gasteiger charge is 2.44. The van der Waals surface area contributed by atoms with Crippen LogP contribution in [0.4, 0.5) is 19.0 Å². The zero-order chi connectivity index (χ0) is 23.9. The SMILES string of the molecule is CCC(=O)c1ccc(CC2CCC3(CCN(c4ncnc5sc(CC(F)(F)F)cc45)C3)C2)cc1. The second-order valence-electron chi connectivity index (χ2n) is 9.88. The van der Waals surface area contributed by atoms with Crippen molar-refractivity contribution in [1.29, 1.82) is 0 Å². The Hall–Kier alpha value is -2.48. The fourth-order valence-electron chi connectivity index (χ4n) is 5.78. The molecule has 0 bridgehead atoms. The molecular weight excluding hydrogens is 459 g/mol. The minimum atomic E-state index is -4.23. The van der Waals surface area contributed by atoms with Crippen LogP contribution < -0.4 is 4.90 Å². The molecule has 2 unspecified atom stereocenters. The second kappa shape index (κ2) is 8.95. The Balaban J connectivity index is 1.26. The Morgan fingerprint density at radius 2 is 2.00 bits per heavy atom. The van der Waals surface area contributed by atoms with Crippen LogP contribution in [0.1, 0.15) is 59.8 Å². The molecule has 2 atom stereocenters. The molecule has 0 radical (unpaired) electrons. The summed E-state index contributed by atoms with van der Waals surface area (Å²) in [6.07, 6.45) is 2.44. The van der Waals surface area contributed by atoms with Crippen LogP contribution in [0.2, 0.25) is 0 Å². The molecule has 1 spiro atoms. The van der Waals surface area contributed by atoms with Crippen molar-refractivity contribution in [3.63, 3.8) is 0 Å². The van der Waals surface area contributed by atoms with Gasteiger partial charge in [-0.3, -0.25) is 4.79 Å². The molecule has 3 aromatic rings. The molecule has 5 rings (SSSR count). The number of benzene rings is 1. The Morgan fingerprint density at radius 1 is 1.21 bits per heavy atom. The number of ketones is 1. The predicted molar refractivity (Wildman–Crippen MR) is 129 cm³/mol. The Kier molecular flexibility index (Phi) is 6.12. The van der Waals surface area contributed by atoms with E-state index in [1.165, 1.54) is 18.3 Å². The van der Waals surface area contributed by atoms with E-state index in [4.69, 9.17) is 0 Å². The number of hydrogen-bond donors (Lipinski definition) is 0. The highest BCUT2D eigenvalue weighted by Crippen LogP contribution is 2.50. The van der Waals surface area contributed by atoms with Crippen molar-refractivity contribution in [3.8, 4) is 0 Å². The maximum absolute atomic E-state index is 12.9. The molecule has 2 fully saturated rings. The number of hydrogen-bond acceptors (Lipinski definition) is 5. The second-order valence-corrected chi connectivity index (χ2v) is 11.0. The first-order chi connectivity index (χ1) is 16.2. The van der Waals surface area contributed by atoms with Gasteiger partial charge in [-0.25, -0.2) is 9.97 Å². The van der Waals surface area contributed by atoms with Crippen molar-refractivity contribution in [2.45, 2.75) is 58.0 Å². The number of rotatable bonds is 6. The zero-order valence-corrected chi connectivity index (χ0v) is 20.0. The number of carbonyl (C=O) groups is 1. The van der Waals surface area contributed by atoms with E-state index in [1.807, 2.05) is 19.1 Å². The van der Waals surface area contributed by atoms with Gasteiger partial charge in [0.15, 0.2) is 5.78 Å². The predicted octanol–water partition coefficient (Wildman–Crippen LogP) is 6.63. The summed E-state index contributed by atoms with van der Waals surface area (Å²) in [6.45, 7) is 3.65. The lowest BCUT2D eigenvalue weighted by atomic mass is 9.83. The average molecular weight is 488 g/mol. The van der Waals surface area contributed by atoms with E-state index in [0.29, 0.717) is 17.2 Å². The highest BCUT2D eigenvalue weighted by molar-refractivity contribution is 7.18. The van der Waals surface area contributed by atoms with Crippen LogP contribution in [-0.4, -0.2) is 35.0 Å². The number of anilines is 1. The fourth-order valence-corrected chi connectivity index (χ4v) is 6.80. The van der Waals surface area contributed by atoms with Crippen LogP contribution in [-0.2, 0) is 12.8 Å². The number of alkyl halides is 3. The van der Waals surface area contributed by atoms with Gasteiger partial charge in [0.25, 0.3) is 0 Å². The Labute approximate surface area is 201 Å². The molecule has 8 heteroatoms. The number of Topliss-reactive ketones (excluding diaryl/α,β-unsaturated/α-hetero) is 1. The first-order valence-electron chi connectivity index (χ1n) is 11.9. The number of aromatic nitrogens is 2. The molecule has 34 heavy (non-hydrogen) atoms. The summed E-state index contributed by atoms with van der Waals surface area (Å²) >= 11 is 1.11. The molecule has 180 valence electrons. The molecule has 1 aromatic carbocycles. The van der Waals surface area contributed by atoms with Crippen molar-refractivity contribution in [2.75, 3.05) is 18.0 Å². The average Bonchev–Trinajstić information content (AvgIpc) is 3.51. The smallest absolute Gasteiger partial charge is 0.355 e. The first-order valence-corrected chi connectivity index (χ1v) is 12.7. The quantitative estimate of drug-likeness (QED) is 0.366. The Bertz CT molecular complexity index is 1190. The van der Waals surface area contributed by atoms with Gasteiger partial charge in [-0.2, -0.15) is 13.2 Å². The fraction of sp³-hybridized carbons (Fsp3) is 0.500. The molecule has 0 amide bonds. The van der Waals surface area contributed by atoms with Crippen LogP contribution in [0.5, 0.6) is 0 Å². The van der Waals surface area contributed by atoms with E-state index in [1.54, 1.807) is 6.07 Å². The van der Waals surface area contributed by atoms with Gasteiger partial charge in [-0.1, -0.05) is 31.2 Å². The molecule has 3 heterocycles. The van der Waals surface area contributed by atoms with Gasteiger partial charge in [0.2, 0.25) is 0 Å².